The van der Waals surface area contributed by atoms with Crippen molar-refractivity contribution < 1.29 is 14.0 Å². The molecule has 1 atom stereocenters. The molecule has 0 aliphatic carbocycles. The number of nitrogens with one attached hydrogen (secondary N) is 1. The molecule has 0 bridgehead atoms. The maximum Gasteiger partial charge on any atom is 0.269 e. The molecule has 214 valence electrons. The zero-order chi connectivity index (χ0) is 29.6. The number of carbonyl (C=O) groups excluding carboxylic acids is 2. The number of nitrogens with zero attached hydrogens (tertiary/aromatic N) is 4. The van der Waals surface area contributed by atoms with E-state index >= 15 is 0 Å². The van der Waals surface area contributed by atoms with Crippen molar-refractivity contribution in [2.24, 2.45) is 5.73 Å². The third-order valence-electron chi connectivity index (χ3n) is 6.47. The molecular formula is C28H33Cl2FN6O2S. The summed E-state index contributed by atoms with van der Waals surface area (Å²) in [4.78, 5) is 29.6. The SMILES string of the molecule is CC.CC1=C(C(=O)N2CCN(c3ccc(F)cc3)CC2)C(c2ccc(Cl)c(Cl)c2)n2nc(C(N)=O)cc2N1.CS. The Balaban J connectivity index is 0.00000106. The first-order chi connectivity index (χ1) is 19.2. The van der Waals surface area contributed by atoms with E-state index in [1.165, 1.54) is 12.1 Å². The van der Waals surface area contributed by atoms with Gasteiger partial charge in [-0.05, 0) is 55.1 Å². The first kappa shape index (κ1) is 31.3. The second kappa shape index (κ2) is 13.9. The lowest BCUT2D eigenvalue weighted by atomic mass is 9.94. The number of anilines is 2. The van der Waals surface area contributed by atoms with E-state index in [-0.39, 0.29) is 17.4 Å². The summed E-state index contributed by atoms with van der Waals surface area (Å²) in [6, 6.07) is 12.4. The summed E-state index contributed by atoms with van der Waals surface area (Å²) in [5.41, 5.74) is 8.28. The predicted molar refractivity (Wildman–Crippen MR) is 163 cm³/mol. The van der Waals surface area contributed by atoms with Gasteiger partial charge in [-0.25, -0.2) is 9.07 Å². The summed E-state index contributed by atoms with van der Waals surface area (Å²) < 4.78 is 14.9. The highest BCUT2D eigenvalue weighted by molar-refractivity contribution is 7.79. The zero-order valence-corrected chi connectivity index (χ0v) is 25.2. The number of fused-ring (bicyclic) bond motifs is 1. The monoisotopic (exact) mass is 606 g/mol. The second-order valence-corrected chi connectivity index (χ2v) is 9.53. The first-order valence-corrected chi connectivity index (χ1v) is 14.4. The predicted octanol–water partition coefficient (Wildman–Crippen LogP) is 5.64. The summed E-state index contributed by atoms with van der Waals surface area (Å²) in [7, 11) is 0. The average molecular weight is 608 g/mol. The molecule has 0 spiro atoms. The van der Waals surface area contributed by atoms with Gasteiger partial charge in [-0.2, -0.15) is 17.7 Å². The van der Waals surface area contributed by atoms with Crippen molar-refractivity contribution in [3.05, 3.63) is 86.9 Å². The Morgan fingerprint density at radius 1 is 1.00 bits per heavy atom. The number of halogens is 3. The van der Waals surface area contributed by atoms with Crippen LogP contribution < -0.4 is 16.0 Å². The topological polar surface area (TPSA) is 96.5 Å². The summed E-state index contributed by atoms with van der Waals surface area (Å²) in [5, 5.41) is 8.31. The minimum Gasteiger partial charge on any atom is -0.368 e. The standard InChI is InChI=1S/C25H23Cl2FN6O2.C2H6.CH4S/c1-14-22(25(36)33-10-8-32(9-11-33)17-5-3-16(28)4-6-17)23(15-2-7-18(26)19(27)12-15)34-21(30-14)13-20(31-34)24(29)35;2*1-2/h2-7,12-13,23,30H,8-11H2,1H3,(H2,29,35);1-2H3;2H,1H3. The van der Waals surface area contributed by atoms with Gasteiger partial charge >= 0.3 is 0 Å². The molecule has 2 aromatic carbocycles. The van der Waals surface area contributed by atoms with Crippen LogP contribution in [0, 0.1) is 5.82 Å². The lowest BCUT2D eigenvalue weighted by Crippen LogP contribution is -2.50. The van der Waals surface area contributed by atoms with Crippen LogP contribution in [-0.2, 0) is 4.79 Å². The Morgan fingerprint density at radius 2 is 1.62 bits per heavy atom. The van der Waals surface area contributed by atoms with E-state index in [9.17, 15) is 14.0 Å². The molecule has 2 aliphatic heterocycles. The van der Waals surface area contributed by atoms with Gasteiger partial charge in [-0.15, -0.1) is 0 Å². The number of primary amides is 1. The van der Waals surface area contributed by atoms with Gasteiger partial charge < -0.3 is 20.9 Å². The number of benzene rings is 2. The molecule has 2 aliphatic rings. The lowest BCUT2D eigenvalue weighted by Gasteiger charge is -2.38. The number of nitrogens with two attached hydrogens (primary N) is 1. The van der Waals surface area contributed by atoms with Crippen LogP contribution in [0.4, 0.5) is 15.9 Å². The minimum absolute atomic E-state index is 0.0805. The highest BCUT2D eigenvalue weighted by Crippen LogP contribution is 2.39. The largest absolute Gasteiger partial charge is 0.368 e. The van der Waals surface area contributed by atoms with E-state index in [2.05, 4.69) is 27.9 Å². The zero-order valence-electron chi connectivity index (χ0n) is 22.8. The van der Waals surface area contributed by atoms with Crippen LogP contribution in [0.2, 0.25) is 10.0 Å². The van der Waals surface area contributed by atoms with E-state index in [0.717, 1.165) is 5.69 Å². The van der Waals surface area contributed by atoms with Crippen molar-refractivity contribution in [3.63, 3.8) is 0 Å². The normalized spacial score (nSPS) is 16.1. The second-order valence-electron chi connectivity index (χ2n) is 8.72. The number of hydrogen-bond donors (Lipinski definition) is 3. The number of allylic oxidation sites excluding steroid dienone is 1. The van der Waals surface area contributed by atoms with Crippen molar-refractivity contribution in [1.29, 1.82) is 0 Å². The summed E-state index contributed by atoms with van der Waals surface area (Å²) in [6.07, 6.45) is 1.69. The molecule has 1 aromatic heterocycles. The Morgan fingerprint density at radius 3 is 2.20 bits per heavy atom. The molecule has 3 aromatic rings. The molecule has 2 amide bonds. The maximum atomic E-state index is 13.9. The number of aromatic nitrogens is 2. The summed E-state index contributed by atoms with van der Waals surface area (Å²) >= 11 is 16.0. The van der Waals surface area contributed by atoms with E-state index < -0.39 is 11.9 Å². The quantitative estimate of drug-likeness (QED) is 0.334. The van der Waals surface area contributed by atoms with Crippen LogP contribution in [0.1, 0.15) is 42.9 Å². The first-order valence-electron chi connectivity index (χ1n) is 12.8. The molecule has 3 heterocycles. The van der Waals surface area contributed by atoms with Crippen LogP contribution in [0.5, 0.6) is 0 Å². The number of thiol groups is 1. The van der Waals surface area contributed by atoms with Crippen molar-refractivity contribution in [2.45, 2.75) is 26.8 Å². The van der Waals surface area contributed by atoms with Crippen LogP contribution >= 0.6 is 35.8 Å². The van der Waals surface area contributed by atoms with Gasteiger partial charge in [-0.3, -0.25) is 9.59 Å². The maximum absolute atomic E-state index is 13.9. The third-order valence-corrected chi connectivity index (χ3v) is 7.21. The van der Waals surface area contributed by atoms with Gasteiger partial charge in [0.1, 0.15) is 17.7 Å². The summed E-state index contributed by atoms with van der Waals surface area (Å²) in [6.45, 7) is 7.99. The van der Waals surface area contributed by atoms with Crippen LogP contribution in [0.15, 0.2) is 59.8 Å². The Labute approximate surface area is 249 Å². The lowest BCUT2D eigenvalue weighted by molar-refractivity contribution is -0.128. The van der Waals surface area contributed by atoms with Gasteiger partial charge in [0, 0.05) is 43.6 Å². The van der Waals surface area contributed by atoms with Gasteiger partial charge in [0.05, 0.1) is 15.6 Å². The van der Waals surface area contributed by atoms with Crippen molar-refractivity contribution in [2.75, 3.05) is 42.7 Å². The summed E-state index contributed by atoms with van der Waals surface area (Å²) in [5.74, 6) is -0.578. The molecule has 1 unspecified atom stereocenters. The molecule has 5 rings (SSSR count). The molecule has 8 nitrogen and oxygen atoms in total. The molecule has 0 saturated carbocycles. The van der Waals surface area contributed by atoms with E-state index in [1.807, 2.05) is 20.8 Å². The van der Waals surface area contributed by atoms with E-state index in [0.29, 0.717) is 58.9 Å². The highest BCUT2D eigenvalue weighted by Gasteiger charge is 2.37. The fraction of sp³-hybridized carbons (Fsp3) is 0.321. The third kappa shape index (κ3) is 6.56. The van der Waals surface area contributed by atoms with E-state index in [4.69, 9.17) is 28.9 Å². The fourth-order valence-corrected chi connectivity index (χ4v) is 4.96. The fourth-order valence-electron chi connectivity index (χ4n) is 4.65. The van der Waals surface area contributed by atoms with Crippen molar-refractivity contribution in [1.82, 2.24) is 14.7 Å². The minimum atomic E-state index is -0.672. The van der Waals surface area contributed by atoms with Gasteiger partial charge in [0.2, 0.25) is 0 Å². The number of piperazine rings is 1. The molecule has 3 N–H and O–H groups in total. The van der Waals surface area contributed by atoms with Crippen LogP contribution in [0.25, 0.3) is 0 Å². The van der Waals surface area contributed by atoms with Gasteiger partial charge in [0.15, 0.2) is 5.69 Å². The Hall–Kier alpha value is -3.21. The average Bonchev–Trinajstić information content (AvgIpc) is 3.40. The van der Waals surface area contributed by atoms with Crippen molar-refractivity contribution >= 4 is 59.2 Å². The Bertz CT molecular complexity index is 1390. The van der Waals surface area contributed by atoms with Crippen LogP contribution in [0.3, 0.4) is 0 Å². The molecule has 1 fully saturated rings. The number of rotatable bonds is 4. The molecule has 1 saturated heterocycles. The highest BCUT2D eigenvalue weighted by atomic mass is 35.5. The molecule has 40 heavy (non-hydrogen) atoms. The molecular weight excluding hydrogens is 574 g/mol. The Kier molecular flexibility index (Phi) is 10.9. The molecule has 0 radical (unpaired) electrons. The number of hydrogen-bond acceptors (Lipinski definition) is 6. The smallest absolute Gasteiger partial charge is 0.269 e. The van der Waals surface area contributed by atoms with Crippen molar-refractivity contribution in [3.8, 4) is 0 Å². The van der Waals surface area contributed by atoms with Gasteiger partial charge in [0.25, 0.3) is 11.8 Å². The number of carbonyl (C=O) groups is 2. The molecule has 12 heteroatoms. The van der Waals surface area contributed by atoms with Gasteiger partial charge in [-0.1, -0.05) is 43.1 Å². The number of amides is 2. The van der Waals surface area contributed by atoms with E-state index in [1.54, 1.807) is 52.2 Å². The van der Waals surface area contributed by atoms with Crippen LogP contribution in [-0.4, -0.2) is 58.9 Å².